The fourth-order valence-electron chi connectivity index (χ4n) is 4.66. The number of halogens is 1. The molecule has 1 N–H and O–H groups in total. The summed E-state index contributed by atoms with van der Waals surface area (Å²) in [6, 6.07) is 8.17. The molecule has 31 heavy (non-hydrogen) atoms. The summed E-state index contributed by atoms with van der Waals surface area (Å²) >= 11 is 0. The minimum atomic E-state index is -0.167. The third-order valence-corrected chi connectivity index (χ3v) is 6.38. The van der Waals surface area contributed by atoms with Gasteiger partial charge in [0.2, 0.25) is 0 Å². The summed E-state index contributed by atoms with van der Waals surface area (Å²) < 4.78 is 11.9. The summed E-state index contributed by atoms with van der Waals surface area (Å²) in [5.74, 6) is 2.79. The number of benzene rings is 1. The Balaban J connectivity index is 0.00000272. The normalized spacial score (nSPS) is 16.3. The Labute approximate surface area is 190 Å². The maximum atomic E-state index is 13.1. The van der Waals surface area contributed by atoms with Crippen LogP contribution < -0.4 is 5.32 Å². The first-order chi connectivity index (χ1) is 14.3. The van der Waals surface area contributed by atoms with Crippen LogP contribution in [0, 0.1) is 33.6 Å². The maximum absolute atomic E-state index is 13.1. The van der Waals surface area contributed by atoms with Gasteiger partial charge in [0.05, 0.1) is 6.04 Å². The van der Waals surface area contributed by atoms with E-state index in [4.69, 9.17) is 8.83 Å². The van der Waals surface area contributed by atoms with E-state index in [9.17, 15) is 4.79 Å². The average Bonchev–Trinajstić information content (AvgIpc) is 3.26. The second-order valence-corrected chi connectivity index (χ2v) is 8.90. The van der Waals surface area contributed by atoms with E-state index in [1.807, 2.05) is 39.0 Å². The Hall–Kier alpha value is -2.24. The lowest BCUT2D eigenvalue weighted by atomic mass is 9.97. The van der Waals surface area contributed by atoms with E-state index in [-0.39, 0.29) is 24.4 Å². The van der Waals surface area contributed by atoms with Gasteiger partial charge in [0.25, 0.3) is 5.91 Å². The van der Waals surface area contributed by atoms with E-state index < -0.39 is 0 Å². The fraction of sp³-hybridized carbons (Fsp3) is 0.480. The van der Waals surface area contributed by atoms with Crippen LogP contribution in [0.15, 0.2) is 33.1 Å². The number of nitrogens with zero attached hydrogens (tertiary/aromatic N) is 1. The summed E-state index contributed by atoms with van der Waals surface area (Å²) in [5.41, 5.74) is 3.94. The lowest BCUT2D eigenvalue weighted by molar-refractivity contribution is 0.0871. The molecule has 5 nitrogen and oxygen atoms in total. The second-order valence-electron chi connectivity index (χ2n) is 8.90. The van der Waals surface area contributed by atoms with Gasteiger partial charge < -0.3 is 14.2 Å². The highest BCUT2D eigenvalue weighted by molar-refractivity contribution is 6.00. The van der Waals surface area contributed by atoms with E-state index in [0.29, 0.717) is 12.3 Å². The van der Waals surface area contributed by atoms with Crippen molar-refractivity contribution in [2.24, 2.45) is 5.92 Å². The molecular formula is C25H33ClN2O3. The lowest BCUT2D eigenvalue weighted by Gasteiger charge is -2.35. The number of carbonyl (C=O) groups is 1. The van der Waals surface area contributed by atoms with Crippen molar-refractivity contribution in [2.45, 2.75) is 53.5 Å². The number of furan rings is 2. The molecular weight excluding hydrogens is 412 g/mol. The quantitative estimate of drug-likeness (QED) is 0.533. The molecule has 0 aliphatic carbocycles. The molecule has 1 saturated heterocycles. The largest absolute Gasteiger partial charge is 0.465 e. The van der Waals surface area contributed by atoms with Gasteiger partial charge in [-0.1, -0.05) is 13.0 Å². The number of nitrogens with one attached hydrogen (secondary N) is 1. The average molecular weight is 445 g/mol. The Morgan fingerprint density at radius 1 is 1.13 bits per heavy atom. The number of piperidine rings is 1. The van der Waals surface area contributed by atoms with Crippen LogP contribution in [0.25, 0.3) is 11.0 Å². The first kappa shape index (κ1) is 23.4. The van der Waals surface area contributed by atoms with Crippen LogP contribution in [0.3, 0.4) is 0 Å². The molecule has 0 saturated carbocycles. The van der Waals surface area contributed by atoms with Crippen LogP contribution in [0.1, 0.15) is 64.6 Å². The molecule has 3 aromatic rings. The monoisotopic (exact) mass is 444 g/mol. The van der Waals surface area contributed by atoms with E-state index >= 15 is 0 Å². The van der Waals surface area contributed by atoms with Crippen molar-refractivity contribution in [3.63, 3.8) is 0 Å². The van der Waals surface area contributed by atoms with Gasteiger partial charge in [-0.3, -0.25) is 9.69 Å². The number of hydrogen-bond acceptors (Lipinski definition) is 4. The zero-order valence-corrected chi connectivity index (χ0v) is 19.9. The molecule has 1 aliphatic rings. The summed E-state index contributed by atoms with van der Waals surface area (Å²) in [5, 5.41) is 4.15. The Morgan fingerprint density at radius 3 is 2.48 bits per heavy atom. The minimum absolute atomic E-state index is 0. The zero-order valence-electron chi connectivity index (χ0n) is 19.1. The molecule has 1 fully saturated rings. The van der Waals surface area contributed by atoms with Crippen molar-refractivity contribution in [1.29, 1.82) is 0 Å². The van der Waals surface area contributed by atoms with Gasteiger partial charge in [-0.05, 0) is 88.9 Å². The Morgan fingerprint density at radius 2 is 1.84 bits per heavy atom. The van der Waals surface area contributed by atoms with Gasteiger partial charge in [0.1, 0.15) is 17.1 Å². The number of rotatable bonds is 5. The minimum Gasteiger partial charge on any atom is -0.465 e. The summed E-state index contributed by atoms with van der Waals surface area (Å²) in [6.07, 6.45) is 2.34. The number of likely N-dealkylation sites (tertiary alicyclic amines) is 1. The van der Waals surface area contributed by atoms with E-state index in [1.165, 1.54) is 12.8 Å². The highest BCUT2D eigenvalue weighted by atomic mass is 35.5. The van der Waals surface area contributed by atoms with Crippen LogP contribution in [0.2, 0.25) is 0 Å². The first-order valence-corrected chi connectivity index (χ1v) is 10.9. The van der Waals surface area contributed by atoms with Gasteiger partial charge in [-0.25, -0.2) is 0 Å². The van der Waals surface area contributed by atoms with Gasteiger partial charge in [0.15, 0.2) is 5.76 Å². The number of carbonyl (C=O) groups excluding carboxylic acids is 1. The molecule has 0 spiro atoms. The molecule has 1 aromatic carbocycles. The molecule has 1 amide bonds. The summed E-state index contributed by atoms with van der Waals surface area (Å²) in [4.78, 5) is 15.5. The van der Waals surface area contributed by atoms with Crippen LogP contribution >= 0.6 is 12.4 Å². The fourth-order valence-corrected chi connectivity index (χ4v) is 4.66. The molecule has 4 rings (SSSR count). The number of amides is 1. The molecule has 168 valence electrons. The van der Waals surface area contributed by atoms with Gasteiger partial charge in [0, 0.05) is 17.5 Å². The molecule has 6 heteroatoms. The van der Waals surface area contributed by atoms with Crippen LogP contribution in [0.5, 0.6) is 0 Å². The van der Waals surface area contributed by atoms with Crippen molar-refractivity contribution in [3.05, 3.63) is 58.2 Å². The highest BCUT2D eigenvalue weighted by Gasteiger charge is 2.28. The predicted molar refractivity (Wildman–Crippen MR) is 126 cm³/mol. The van der Waals surface area contributed by atoms with Crippen molar-refractivity contribution in [3.8, 4) is 0 Å². The predicted octanol–water partition coefficient (Wildman–Crippen LogP) is 5.88. The Bertz CT molecular complexity index is 1060. The maximum Gasteiger partial charge on any atom is 0.287 e. The number of hydrogen-bond donors (Lipinski definition) is 1. The van der Waals surface area contributed by atoms with Crippen LogP contribution in [-0.4, -0.2) is 30.4 Å². The van der Waals surface area contributed by atoms with E-state index in [0.717, 1.165) is 58.2 Å². The van der Waals surface area contributed by atoms with Crippen molar-refractivity contribution in [2.75, 3.05) is 19.6 Å². The highest BCUT2D eigenvalue weighted by Crippen LogP contribution is 2.30. The number of aryl methyl sites for hydroxylation is 4. The smallest absolute Gasteiger partial charge is 0.287 e. The van der Waals surface area contributed by atoms with E-state index in [1.54, 1.807) is 0 Å². The third kappa shape index (κ3) is 4.83. The molecule has 1 atom stereocenters. The SMILES string of the molecule is Cc1cc(C)c2c(C)c(C(=O)NCC(c3ccc(C)o3)N3CCC(C)CC3)oc2c1.Cl. The molecule has 0 bridgehead atoms. The summed E-state index contributed by atoms with van der Waals surface area (Å²) in [7, 11) is 0. The second kappa shape index (κ2) is 9.49. The van der Waals surface area contributed by atoms with Crippen molar-refractivity contribution >= 4 is 29.3 Å². The molecule has 2 aromatic heterocycles. The molecule has 1 aliphatic heterocycles. The van der Waals surface area contributed by atoms with Crippen molar-refractivity contribution < 1.29 is 13.6 Å². The number of fused-ring (bicyclic) bond motifs is 1. The van der Waals surface area contributed by atoms with Gasteiger partial charge >= 0.3 is 0 Å². The molecule has 3 heterocycles. The van der Waals surface area contributed by atoms with Crippen molar-refractivity contribution in [1.82, 2.24) is 10.2 Å². The lowest BCUT2D eigenvalue weighted by Crippen LogP contribution is -2.41. The first-order valence-electron chi connectivity index (χ1n) is 10.9. The zero-order chi connectivity index (χ0) is 21.4. The van der Waals surface area contributed by atoms with Gasteiger partial charge in [-0.15, -0.1) is 12.4 Å². The van der Waals surface area contributed by atoms with Crippen LogP contribution in [-0.2, 0) is 0 Å². The van der Waals surface area contributed by atoms with Gasteiger partial charge in [-0.2, -0.15) is 0 Å². The van der Waals surface area contributed by atoms with E-state index in [2.05, 4.69) is 30.1 Å². The molecule has 1 unspecified atom stereocenters. The topological polar surface area (TPSA) is 58.6 Å². The standard InChI is InChI=1S/C25H32N2O3.ClH/c1-15-8-10-27(11-9-15)20(21-7-6-18(4)29-21)14-26-25(28)24-19(5)23-17(3)12-16(2)13-22(23)30-24;/h6-7,12-13,15,20H,8-11,14H2,1-5H3,(H,26,28);1H. The third-order valence-electron chi connectivity index (χ3n) is 6.38. The molecule has 0 radical (unpaired) electrons. The Kier molecular flexibility index (Phi) is 7.17. The summed E-state index contributed by atoms with van der Waals surface area (Å²) in [6.45, 7) is 12.9. The van der Waals surface area contributed by atoms with Crippen LogP contribution in [0.4, 0.5) is 0 Å².